The third-order valence-electron chi connectivity index (χ3n) is 3.67. The maximum atomic E-state index is 13.0. The molecule has 1 N–H and O–H groups in total. The average Bonchev–Trinajstić information content (AvgIpc) is 2.91. The average molecular weight is 329 g/mol. The van der Waals surface area contributed by atoms with Gasteiger partial charge in [-0.05, 0) is 24.1 Å². The minimum atomic E-state index is -3.14. The van der Waals surface area contributed by atoms with Crippen LogP contribution in [-0.4, -0.2) is 39.5 Å². The standard InChI is InChI=1S/C15H20FNO4S/c1-22(19,20)9-7-14(18)17-10-12-6-8-21-15(12)11-2-4-13(16)5-3-11/h2-5,12,15H,6-10H2,1H3,(H,17,18)/t12-,15-/m0/s1. The van der Waals surface area contributed by atoms with Gasteiger partial charge in [-0.25, -0.2) is 12.8 Å². The largest absolute Gasteiger partial charge is 0.373 e. The van der Waals surface area contributed by atoms with Gasteiger partial charge < -0.3 is 10.1 Å². The Morgan fingerprint density at radius 2 is 2.05 bits per heavy atom. The maximum absolute atomic E-state index is 13.0. The Balaban J connectivity index is 1.86. The molecule has 1 heterocycles. The van der Waals surface area contributed by atoms with Crippen LogP contribution in [0, 0.1) is 11.7 Å². The molecule has 1 aliphatic rings. The number of hydrogen-bond donors (Lipinski definition) is 1. The van der Waals surface area contributed by atoms with Gasteiger partial charge in [0.2, 0.25) is 5.91 Å². The van der Waals surface area contributed by atoms with Crippen molar-refractivity contribution in [2.45, 2.75) is 18.9 Å². The summed E-state index contributed by atoms with van der Waals surface area (Å²) >= 11 is 0. The van der Waals surface area contributed by atoms with Gasteiger partial charge in [-0.2, -0.15) is 0 Å². The van der Waals surface area contributed by atoms with E-state index in [2.05, 4.69) is 5.32 Å². The van der Waals surface area contributed by atoms with E-state index in [0.29, 0.717) is 13.2 Å². The molecule has 2 rings (SSSR count). The van der Waals surface area contributed by atoms with Crippen molar-refractivity contribution >= 4 is 15.7 Å². The summed E-state index contributed by atoms with van der Waals surface area (Å²) in [5, 5.41) is 2.75. The molecule has 0 bridgehead atoms. The van der Waals surface area contributed by atoms with E-state index >= 15 is 0 Å². The van der Waals surface area contributed by atoms with Crippen LogP contribution < -0.4 is 5.32 Å². The van der Waals surface area contributed by atoms with Crippen molar-refractivity contribution in [2.24, 2.45) is 5.92 Å². The SMILES string of the molecule is CS(=O)(=O)CCC(=O)NC[C@@H]1CCO[C@H]1c1ccc(F)cc1. The fraction of sp³-hybridized carbons (Fsp3) is 0.533. The van der Waals surface area contributed by atoms with E-state index in [1.54, 1.807) is 12.1 Å². The molecule has 2 atom stereocenters. The van der Waals surface area contributed by atoms with E-state index in [1.807, 2.05) is 0 Å². The molecule has 0 radical (unpaired) electrons. The lowest BCUT2D eigenvalue weighted by Gasteiger charge is -2.19. The van der Waals surface area contributed by atoms with Gasteiger partial charge >= 0.3 is 0 Å². The van der Waals surface area contributed by atoms with Gasteiger partial charge in [0, 0.05) is 31.7 Å². The molecule has 0 aromatic heterocycles. The summed E-state index contributed by atoms with van der Waals surface area (Å²) in [6.45, 7) is 1.01. The molecule has 0 unspecified atom stereocenters. The first-order chi connectivity index (χ1) is 10.3. The summed E-state index contributed by atoms with van der Waals surface area (Å²) in [5.41, 5.74) is 0.884. The third-order valence-corrected chi connectivity index (χ3v) is 4.62. The van der Waals surface area contributed by atoms with Crippen LogP contribution in [0.15, 0.2) is 24.3 Å². The molecule has 5 nitrogen and oxygen atoms in total. The molecular formula is C15H20FNO4S. The number of carbonyl (C=O) groups is 1. The molecule has 22 heavy (non-hydrogen) atoms. The van der Waals surface area contributed by atoms with Gasteiger partial charge in [0.05, 0.1) is 11.9 Å². The third kappa shape index (κ3) is 5.06. The maximum Gasteiger partial charge on any atom is 0.221 e. The Hall–Kier alpha value is -1.47. The van der Waals surface area contributed by atoms with Crippen LogP contribution in [0.5, 0.6) is 0 Å². The number of benzene rings is 1. The van der Waals surface area contributed by atoms with Crippen molar-refractivity contribution in [3.63, 3.8) is 0 Å². The zero-order valence-electron chi connectivity index (χ0n) is 12.4. The van der Waals surface area contributed by atoms with Gasteiger partial charge in [-0.3, -0.25) is 4.79 Å². The molecule has 1 aromatic carbocycles. The van der Waals surface area contributed by atoms with E-state index in [0.717, 1.165) is 18.2 Å². The van der Waals surface area contributed by atoms with E-state index in [4.69, 9.17) is 4.74 Å². The monoisotopic (exact) mass is 329 g/mol. The number of hydrogen-bond acceptors (Lipinski definition) is 4. The van der Waals surface area contributed by atoms with Crippen molar-refractivity contribution in [1.29, 1.82) is 0 Å². The predicted octanol–water partition coefficient (Wildman–Crippen LogP) is 1.45. The molecule has 122 valence electrons. The highest BCUT2D eigenvalue weighted by Gasteiger charge is 2.29. The lowest BCUT2D eigenvalue weighted by molar-refractivity contribution is -0.120. The van der Waals surface area contributed by atoms with Crippen LogP contribution >= 0.6 is 0 Å². The minimum Gasteiger partial charge on any atom is -0.373 e. The lowest BCUT2D eigenvalue weighted by Crippen LogP contribution is -2.31. The van der Waals surface area contributed by atoms with Gasteiger partial charge in [-0.1, -0.05) is 12.1 Å². The molecule has 0 aliphatic carbocycles. The van der Waals surface area contributed by atoms with E-state index in [-0.39, 0.29) is 35.9 Å². The Labute approximate surface area is 129 Å². The number of carbonyl (C=O) groups excluding carboxylic acids is 1. The molecule has 0 spiro atoms. The topological polar surface area (TPSA) is 72.5 Å². The molecule has 1 aromatic rings. The Morgan fingerprint density at radius 1 is 1.36 bits per heavy atom. The van der Waals surface area contributed by atoms with Crippen LogP contribution in [0.3, 0.4) is 0 Å². The molecule has 1 saturated heterocycles. The van der Waals surface area contributed by atoms with E-state index in [9.17, 15) is 17.6 Å². The summed E-state index contributed by atoms with van der Waals surface area (Å²) in [6, 6.07) is 6.14. The van der Waals surface area contributed by atoms with Crippen LogP contribution in [-0.2, 0) is 19.4 Å². The van der Waals surface area contributed by atoms with Crippen molar-refractivity contribution in [2.75, 3.05) is 25.2 Å². The summed E-state index contributed by atoms with van der Waals surface area (Å²) in [4.78, 5) is 11.7. The number of sulfone groups is 1. The van der Waals surface area contributed by atoms with Crippen LogP contribution in [0.25, 0.3) is 0 Å². The molecule has 1 amide bonds. The molecule has 1 fully saturated rings. The minimum absolute atomic E-state index is 0.0341. The fourth-order valence-corrected chi connectivity index (χ4v) is 3.03. The van der Waals surface area contributed by atoms with Crippen molar-refractivity contribution in [1.82, 2.24) is 5.32 Å². The predicted molar refractivity (Wildman–Crippen MR) is 80.5 cm³/mol. The first-order valence-corrected chi connectivity index (χ1v) is 9.23. The normalized spacial score (nSPS) is 21.7. The Morgan fingerprint density at radius 3 is 2.68 bits per heavy atom. The van der Waals surface area contributed by atoms with Gasteiger partial charge in [0.25, 0.3) is 0 Å². The molecule has 0 saturated carbocycles. The van der Waals surface area contributed by atoms with Gasteiger partial charge in [0.15, 0.2) is 0 Å². The van der Waals surface area contributed by atoms with Crippen LogP contribution in [0.1, 0.15) is 24.5 Å². The zero-order valence-corrected chi connectivity index (χ0v) is 13.2. The molecular weight excluding hydrogens is 309 g/mol. The quantitative estimate of drug-likeness (QED) is 0.857. The highest BCUT2D eigenvalue weighted by atomic mass is 32.2. The lowest BCUT2D eigenvalue weighted by atomic mass is 9.95. The van der Waals surface area contributed by atoms with Crippen molar-refractivity contribution in [3.05, 3.63) is 35.6 Å². The highest BCUT2D eigenvalue weighted by Crippen LogP contribution is 2.34. The fourth-order valence-electron chi connectivity index (χ4n) is 2.48. The zero-order chi connectivity index (χ0) is 16.2. The first-order valence-electron chi connectivity index (χ1n) is 7.16. The van der Waals surface area contributed by atoms with Crippen LogP contribution in [0.4, 0.5) is 4.39 Å². The van der Waals surface area contributed by atoms with Gasteiger partial charge in [-0.15, -0.1) is 0 Å². The second kappa shape index (κ2) is 7.19. The van der Waals surface area contributed by atoms with Gasteiger partial charge in [0.1, 0.15) is 15.7 Å². The van der Waals surface area contributed by atoms with E-state index < -0.39 is 9.84 Å². The Bertz CT molecular complexity index is 615. The van der Waals surface area contributed by atoms with Crippen LogP contribution in [0.2, 0.25) is 0 Å². The number of ether oxygens (including phenoxy) is 1. The van der Waals surface area contributed by atoms with Crippen molar-refractivity contribution in [3.8, 4) is 0 Å². The summed E-state index contributed by atoms with van der Waals surface area (Å²) in [5.74, 6) is -0.628. The second-order valence-electron chi connectivity index (χ2n) is 5.58. The molecule has 1 aliphatic heterocycles. The smallest absolute Gasteiger partial charge is 0.221 e. The highest BCUT2D eigenvalue weighted by molar-refractivity contribution is 7.90. The van der Waals surface area contributed by atoms with Crippen molar-refractivity contribution < 1.29 is 22.3 Å². The summed E-state index contributed by atoms with van der Waals surface area (Å²) < 4.78 is 40.7. The number of rotatable bonds is 6. The molecule has 7 heteroatoms. The Kier molecular flexibility index (Phi) is 5.52. The number of nitrogens with one attached hydrogen (secondary N) is 1. The summed E-state index contributed by atoms with van der Waals surface area (Å²) in [7, 11) is -3.14. The second-order valence-corrected chi connectivity index (χ2v) is 7.84. The van der Waals surface area contributed by atoms with E-state index in [1.165, 1.54) is 12.1 Å². The number of amides is 1. The number of halogens is 1. The summed E-state index contributed by atoms with van der Waals surface area (Å²) in [6.07, 6.45) is 1.70. The first kappa shape index (κ1) is 16.9.